The van der Waals surface area contributed by atoms with Crippen LogP contribution >= 0.6 is 0 Å². The van der Waals surface area contributed by atoms with E-state index in [0.29, 0.717) is 6.54 Å². The summed E-state index contributed by atoms with van der Waals surface area (Å²) in [4.78, 5) is 3.88. The van der Waals surface area contributed by atoms with Crippen LogP contribution in [0.4, 0.5) is 24.8 Å². The summed E-state index contributed by atoms with van der Waals surface area (Å²) in [5, 5.41) is 2.93. The zero-order valence-corrected chi connectivity index (χ0v) is 11.3. The molecule has 0 spiro atoms. The first-order valence-corrected chi connectivity index (χ1v) is 7.04. The molecule has 3 nitrogen and oxygen atoms in total. The Kier molecular flexibility index (Phi) is 4.73. The quantitative estimate of drug-likeness (QED) is 0.803. The molecule has 0 unspecified atom stereocenters. The molecule has 0 aromatic carbocycles. The summed E-state index contributed by atoms with van der Waals surface area (Å²) < 4.78 is 37.9. The molecule has 0 atom stereocenters. The lowest BCUT2D eigenvalue weighted by Gasteiger charge is -2.12. The van der Waals surface area contributed by atoms with Crippen LogP contribution in [0.15, 0.2) is 12.1 Å². The van der Waals surface area contributed by atoms with Crippen LogP contribution in [-0.4, -0.2) is 11.5 Å². The Bertz CT molecular complexity index is 440. The lowest BCUT2D eigenvalue weighted by atomic mass is 10.0. The summed E-state index contributed by atoms with van der Waals surface area (Å²) in [6.45, 7) is 0.629. The zero-order valence-electron chi connectivity index (χ0n) is 11.3. The molecule has 0 amide bonds. The molecule has 2 rings (SSSR count). The van der Waals surface area contributed by atoms with Crippen molar-refractivity contribution in [1.29, 1.82) is 0 Å². The van der Waals surface area contributed by atoms with Crippen LogP contribution in [0.5, 0.6) is 0 Å². The summed E-state index contributed by atoms with van der Waals surface area (Å²) in [6, 6.07) is 1.86. The smallest absolute Gasteiger partial charge is 0.384 e. The van der Waals surface area contributed by atoms with Crippen molar-refractivity contribution in [2.45, 2.75) is 44.7 Å². The summed E-state index contributed by atoms with van der Waals surface area (Å²) in [5.41, 5.74) is 4.65. The predicted octanol–water partition coefficient (Wildman–Crippen LogP) is 4.06. The topological polar surface area (TPSA) is 50.9 Å². The molecule has 0 aliphatic heterocycles. The Morgan fingerprint density at radius 3 is 2.60 bits per heavy atom. The average Bonchev–Trinajstić information content (AvgIpc) is 2.86. The summed E-state index contributed by atoms with van der Waals surface area (Å²) in [6.07, 6.45) is 2.87. The van der Waals surface area contributed by atoms with Gasteiger partial charge in [0.25, 0.3) is 0 Å². The normalized spacial score (nSPS) is 16.6. The Labute approximate surface area is 116 Å². The van der Waals surface area contributed by atoms with E-state index in [1.54, 1.807) is 0 Å². The minimum Gasteiger partial charge on any atom is -0.384 e. The van der Waals surface area contributed by atoms with Crippen LogP contribution in [-0.2, 0) is 6.18 Å². The van der Waals surface area contributed by atoms with Crippen molar-refractivity contribution in [1.82, 2.24) is 4.98 Å². The Balaban J connectivity index is 1.84. The molecule has 6 heteroatoms. The molecule has 1 aliphatic carbocycles. The van der Waals surface area contributed by atoms with E-state index in [4.69, 9.17) is 5.73 Å². The number of hydrogen-bond donors (Lipinski definition) is 2. The van der Waals surface area contributed by atoms with E-state index in [9.17, 15) is 13.2 Å². The van der Waals surface area contributed by atoms with Crippen molar-refractivity contribution in [2.24, 2.45) is 5.92 Å². The number of alkyl halides is 3. The van der Waals surface area contributed by atoms with E-state index in [0.717, 1.165) is 30.9 Å². The lowest BCUT2D eigenvalue weighted by Crippen LogP contribution is -2.11. The largest absolute Gasteiger partial charge is 0.416 e. The molecule has 1 aromatic heterocycles. The van der Waals surface area contributed by atoms with Crippen molar-refractivity contribution in [3.63, 3.8) is 0 Å². The highest BCUT2D eigenvalue weighted by molar-refractivity contribution is 5.47. The molecule has 0 radical (unpaired) electrons. The van der Waals surface area contributed by atoms with Gasteiger partial charge in [0, 0.05) is 6.54 Å². The molecule has 1 heterocycles. The van der Waals surface area contributed by atoms with Gasteiger partial charge in [-0.05, 0) is 30.9 Å². The standard InChI is InChI=1S/C14H20F3N3/c15-14(16,17)11-8-12(18)20-13(9-11)19-7-3-6-10-4-1-2-5-10/h8-10H,1-7H2,(H3,18,19,20). The molecule has 0 saturated heterocycles. The van der Waals surface area contributed by atoms with Crippen LogP contribution in [0.25, 0.3) is 0 Å². The van der Waals surface area contributed by atoms with E-state index in [-0.39, 0.29) is 11.6 Å². The first-order chi connectivity index (χ1) is 9.45. The molecular weight excluding hydrogens is 267 g/mol. The van der Waals surface area contributed by atoms with Gasteiger partial charge in [-0.25, -0.2) is 4.98 Å². The minimum atomic E-state index is -4.39. The maximum atomic E-state index is 12.6. The zero-order chi connectivity index (χ0) is 14.6. The van der Waals surface area contributed by atoms with Gasteiger partial charge in [0.1, 0.15) is 11.6 Å². The van der Waals surface area contributed by atoms with Gasteiger partial charge in [0.05, 0.1) is 5.56 Å². The van der Waals surface area contributed by atoms with E-state index in [1.807, 2.05) is 0 Å². The molecule has 3 N–H and O–H groups in total. The van der Waals surface area contributed by atoms with Gasteiger partial charge >= 0.3 is 6.18 Å². The monoisotopic (exact) mass is 287 g/mol. The van der Waals surface area contributed by atoms with Crippen molar-refractivity contribution >= 4 is 11.6 Å². The van der Waals surface area contributed by atoms with Crippen molar-refractivity contribution < 1.29 is 13.2 Å². The van der Waals surface area contributed by atoms with Gasteiger partial charge < -0.3 is 11.1 Å². The molecule has 20 heavy (non-hydrogen) atoms. The van der Waals surface area contributed by atoms with Gasteiger partial charge in [-0.15, -0.1) is 0 Å². The first kappa shape index (κ1) is 14.9. The highest BCUT2D eigenvalue weighted by atomic mass is 19.4. The maximum Gasteiger partial charge on any atom is 0.416 e. The van der Waals surface area contributed by atoms with Crippen LogP contribution in [0.2, 0.25) is 0 Å². The van der Waals surface area contributed by atoms with Gasteiger partial charge in [0.2, 0.25) is 0 Å². The second kappa shape index (κ2) is 6.33. The number of nitrogens with zero attached hydrogens (tertiary/aromatic N) is 1. The molecule has 0 bridgehead atoms. The summed E-state index contributed by atoms with van der Waals surface area (Å²) >= 11 is 0. The minimum absolute atomic E-state index is 0.113. The Morgan fingerprint density at radius 1 is 1.25 bits per heavy atom. The SMILES string of the molecule is Nc1cc(C(F)(F)F)cc(NCCCC2CCCC2)n1. The third-order valence-electron chi connectivity index (χ3n) is 3.74. The Morgan fingerprint density at radius 2 is 1.95 bits per heavy atom. The van der Waals surface area contributed by atoms with Crippen LogP contribution in [0.1, 0.15) is 44.1 Å². The fraction of sp³-hybridized carbons (Fsp3) is 0.643. The highest BCUT2D eigenvalue weighted by Gasteiger charge is 2.31. The number of rotatable bonds is 5. The highest BCUT2D eigenvalue weighted by Crippen LogP contribution is 2.31. The fourth-order valence-electron chi connectivity index (χ4n) is 2.71. The van der Waals surface area contributed by atoms with Crippen molar-refractivity contribution in [3.05, 3.63) is 17.7 Å². The fourth-order valence-corrected chi connectivity index (χ4v) is 2.71. The number of anilines is 2. The van der Waals surface area contributed by atoms with E-state index in [2.05, 4.69) is 10.3 Å². The number of aromatic nitrogens is 1. The van der Waals surface area contributed by atoms with Crippen LogP contribution in [0, 0.1) is 5.92 Å². The third kappa shape index (κ3) is 4.28. The molecule has 1 aliphatic rings. The van der Waals surface area contributed by atoms with Gasteiger partial charge in [-0.1, -0.05) is 25.7 Å². The number of nitrogens with one attached hydrogen (secondary N) is 1. The number of hydrogen-bond acceptors (Lipinski definition) is 3. The van der Waals surface area contributed by atoms with E-state index in [1.165, 1.54) is 25.7 Å². The van der Waals surface area contributed by atoms with Gasteiger partial charge in [0.15, 0.2) is 0 Å². The second-order valence-corrected chi connectivity index (χ2v) is 5.38. The molecule has 112 valence electrons. The van der Waals surface area contributed by atoms with Gasteiger partial charge in [-0.2, -0.15) is 13.2 Å². The molecule has 1 fully saturated rings. The molecule has 1 saturated carbocycles. The number of nitrogen functional groups attached to an aromatic ring is 1. The summed E-state index contributed by atoms with van der Waals surface area (Å²) in [7, 11) is 0. The number of nitrogens with two attached hydrogens (primary N) is 1. The second-order valence-electron chi connectivity index (χ2n) is 5.38. The van der Waals surface area contributed by atoms with Crippen LogP contribution < -0.4 is 11.1 Å². The van der Waals surface area contributed by atoms with Crippen molar-refractivity contribution in [2.75, 3.05) is 17.6 Å². The predicted molar refractivity (Wildman–Crippen MR) is 73.3 cm³/mol. The van der Waals surface area contributed by atoms with Gasteiger partial charge in [-0.3, -0.25) is 0 Å². The van der Waals surface area contributed by atoms with Crippen LogP contribution in [0.3, 0.4) is 0 Å². The number of halogens is 3. The first-order valence-electron chi connectivity index (χ1n) is 7.04. The lowest BCUT2D eigenvalue weighted by molar-refractivity contribution is -0.137. The average molecular weight is 287 g/mol. The summed E-state index contributed by atoms with van der Waals surface area (Å²) in [5.74, 6) is 0.873. The molecular formula is C14H20F3N3. The third-order valence-corrected chi connectivity index (χ3v) is 3.74. The Hall–Kier alpha value is -1.46. The molecule has 1 aromatic rings. The number of pyridine rings is 1. The van der Waals surface area contributed by atoms with E-state index >= 15 is 0 Å². The van der Waals surface area contributed by atoms with E-state index < -0.39 is 11.7 Å². The maximum absolute atomic E-state index is 12.6. The van der Waals surface area contributed by atoms with Crippen molar-refractivity contribution in [3.8, 4) is 0 Å².